The summed E-state index contributed by atoms with van der Waals surface area (Å²) >= 11 is 3.45. The number of halogens is 1. The lowest BCUT2D eigenvalue weighted by Gasteiger charge is -2.32. The van der Waals surface area contributed by atoms with Crippen LogP contribution in [0.2, 0.25) is 0 Å². The van der Waals surface area contributed by atoms with Crippen LogP contribution >= 0.6 is 15.9 Å². The van der Waals surface area contributed by atoms with Crippen LogP contribution in [0.3, 0.4) is 0 Å². The number of rotatable bonds is 2. The lowest BCUT2D eigenvalue weighted by molar-refractivity contribution is -0.141. The van der Waals surface area contributed by atoms with Gasteiger partial charge in [0.2, 0.25) is 0 Å². The topological polar surface area (TPSA) is 35.5 Å². The lowest BCUT2D eigenvalue weighted by atomic mass is 9.69. The molecule has 1 aromatic carbocycles. The maximum atomic E-state index is 12.0. The van der Waals surface area contributed by atoms with Crippen molar-refractivity contribution < 1.29 is 14.3 Å². The Hall–Kier alpha value is -1.29. The van der Waals surface area contributed by atoms with Crippen LogP contribution in [-0.4, -0.2) is 19.7 Å². The Morgan fingerprint density at radius 1 is 1.30 bits per heavy atom. The van der Waals surface area contributed by atoms with Crippen molar-refractivity contribution in [1.29, 1.82) is 0 Å². The standard InChI is InChI=1S/C16H17BrO3/c1-19-8-10-6-12-9-20-16(18)15(12)14(7-10)11-2-4-13(17)5-3-11/h2-5,8,12,14-15H,6-7,9H2,1H3/b10-8-/t12-,14+,15+/m0/s1. The van der Waals surface area contributed by atoms with Gasteiger partial charge in [-0.25, -0.2) is 0 Å². The molecule has 4 heteroatoms. The Kier molecular flexibility index (Phi) is 3.83. The second-order valence-corrected chi connectivity index (χ2v) is 6.41. The predicted octanol–water partition coefficient (Wildman–Crippen LogP) is 3.65. The zero-order valence-electron chi connectivity index (χ0n) is 11.3. The van der Waals surface area contributed by atoms with Crippen LogP contribution in [0.5, 0.6) is 0 Å². The molecule has 2 aliphatic rings. The van der Waals surface area contributed by atoms with E-state index in [1.807, 2.05) is 18.4 Å². The minimum absolute atomic E-state index is 0.00909. The van der Waals surface area contributed by atoms with Gasteiger partial charge >= 0.3 is 5.97 Å². The van der Waals surface area contributed by atoms with E-state index in [-0.39, 0.29) is 23.7 Å². The molecule has 1 saturated carbocycles. The Bertz CT molecular complexity index is 535. The summed E-state index contributed by atoms with van der Waals surface area (Å²) in [5.74, 6) is 0.425. The molecule has 0 amide bonds. The molecule has 3 nitrogen and oxygen atoms in total. The van der Waals surface area contributed by atoms with Crippen LogP contribution in [0.25, 0.3) is 0 Å². The number of benzene rings is 1. The molecule has 1 aliphatic carbocycles. The SMILES string of the molecule is CO/C=C1/C[C@H]2COC(=O)[C@H]2[C@@H](c2ccc(Br)cc2)C1. The van der Waals surface area contributed by atoms with Gasteiger partial charge in [0, 0.05) is 16.3 Å². The fourth-order valence-electron chi connectivity index (χ4n) is 3.39. The first-order chi connectivity index (χ1) is 9.69. The highest BCUT2D eigenvalue weighted by atomic mass is 79.9. The fourth-order valence-corrected chi connectivity index (χ4v) is 3.65. The first kappa shape index (κ1) is 13.7. The van der Waals surface area contributed by atoms with E-state index in [0.717, 1.165) is 17.3 Å². The first-order valence-electron chi connectivity index (χ1n) is 6.82. The summed E-state index contributed by atoms with van der Waals surface area (Å²) in [6.45, 7) is 0.539. The number of fused-ring (bicyclic) bond motifs is 1. The summed E-state index contributed by atoms with van der Waals surface area (Å²) in [5.41, 5.74) is 2.46. The third kappa shape index (κ3) is 2.49. The average Bonchev–Trinajstić information content (AvgIpc) is 2.81. The van der Waals surface area contributed by atoms with E-state index in [9.17, 15) is 4.79 Å². The minimum Gasteiger partial charge on any atom is -0.504 e. The third-order valence-corrected chi connectivity index (χ3v) is 4.77. The van der Waals surface area contributed by atoms with Crippen LogP contribution in [0.15, 0.2) is 40.6 Å². The smallest absolute Gasteiger partial charge is 0.310 e. The highest BCUT2D eigenvalue weighted by Gasteiger charge is 2.46. The molecule has 20 heavy (non-hydrogen) atoms. The molecule has 1 aliphatic heterocycles. The summed E-state index contributed by atoms with van der Waals surface area (Å²) in [4.78, 5) is 12.0. The van der Waals surface area contributed by atoms with Crippen molar-refractivity contribution in [3.63, 3.8) is 0 Å². The molecule has 0 unspecified atom stereocenters. The largest absolute Gasteiger partial charge is 0.504 e. The molecule has 0 spiro atoms. The van der Waals surface area contributed by atoms with E-state index in [2.05, 4.69) is 28.1 Å². The van der Waals surface area contributed by atoms with Crippen LogP contribution in [0.4, 0.5) is 0 Å². The predicted molar refractivity (Wildman–Crippen MR) is 79.1 cm³/mol. The van der Waals surface area contributed by atoms with E-state index < -0.39 is 0 Å². The van der Waals surface area contributed by atoms with Crippen molar-refractivity contribution in [2.75, 3.05) is 13.7 Å². The van der Waals surface area contributed by atoms with E-state index >= 15 is 0 Å². The van der Waals surface area contributed by atoms with Crippen molar-refractivity contribution in [2.45, 2.75) is 18.8 Å². The van der Waals surface area contributed by atoms with Crippen molar-refractivity contribution in [3.05, 3.63) is 46.1 Å². The Morgan fingerprint density at radius 2 is 2.05 bits per heavy atom. The molecule has 0 aromatic heterocycles. The Morgan fingerprint density at radius 3 is 2.75 bits per heavy atom. The van der Waals surface area contributed by atoms with E-state index in [1.54, 1.807) is 7.11 Å². The second kappa shape index (κ2) is 5.60. The molecule has 0 bridgehead atoms. The van der Waals surface area contributed by atoms with Crippen LogP contribution in [0.1, 0.15) is 24.3 Å². The molecule has 0 N–H and O–H groups in total. The normalized spacial score (nSPS) is 31.0. The van der Waals surface area contributed by atoms with Gasteiger partial charge in [-0.3, -0.25) is 4.79 Å². The van der Waals surface area contributed by atoms with Crippen molar-refractivity contribution in [1.82, 2.24) is 0 Å². The van der Waals surface area contributed by atoms with E-state index in [4.69, 9.17) is 9.47 Å². The van der Waals surface area contributed by atoms with Crippen molar-refractivity contribution >= 4 is 21.9 Å². The molecule has 1 aromatic rings. The Balaban J connectivity index is 1.94. The molecular weight excluding hydrogens is 320 g/mol. The fraction of sp³-hybridized carbons (Fsp3) is 0.438. The van der Waals surface area contributed by atoms with E-state index in [0.29, 0.717) is 6.61 Å². The van der Waals surface area contributed by atoms with Gasteiger partial charge in [0.05, 0.1) is 25.9 Å². The Labute approximate surface area is 127 Å². The summed E-state index contributed by atoms with van der Waals surface area (Å²) < 4.78 is 11.5. The maximum Gasteiger partial charge on any atom is 0.310 e. The summed E-state index contributed by atoms with van der Waals surface area (Å²) in [5, 5.41) is 0. The number of hydrogen-bond acceptors (Lipinski definition) is 3. The molecule has 1 heterocycles. The number of cyclic esters (lactones) is 1. The minimum atomic E-state index is -0.0422. The highest BCUT2D eigenvalue weighted by Crippen LogP contribution is 2.47. The number of esters is 1. The number of carbonyl (C=O) groups is 1. The number of methoxy groups -OCH3 is 1. The van der Waals surface area contributed by atoms with Gasteiger partial charge in [-0.2, -0.15) is 0 Å². The highest BCUT2D eigenvalue weighted by molar-refractivity contribution is 9.10. The zero-order valence-corrected chi connectivity index (χ0v) is 12.9. The van der Waals surface area contributed by atoms with E-state index in [1.165, 1.54) is 11.1 Å². The monoisotopic (exact) mass is 336 g/mol. The molecule has 106 valence electrons. The van der Waals surface area contributed by atoms with Crippen LogP contribution in [0, 0.1) is 11.8 Å². The lowest BCUT2D eigenvalue weighted by Crippen LogP contribution is -2.29. The second-order valence-electron chi connectivity index (χ2n) is 5.49. The summed E-state index contributed by atoms with van der Waals surface area (Å²) in [7, 11) is 1.67. The average molecular weight is 337 g/mol. The van der Waals surface area contributed by atoms with Crippen molar-refractivity contribution in [3.8, 4) is 0 Å². The zero-order chi connectivity index (χ0) is 14.1. The number of allylic oxidation sites excluding steroid dienone is 1. The van der Waals surface area contributed by atoms with Crippen LogP contribution < -0.4 is 0 Å². The molecule has 2 fully saturated rings. The van der Waals surface area contributed by atoms with Gasteiger partial charge in [0.1, 0.15) is 0 Å². The summed E-state index contributed by atoms with van der Waals surface area (Å²) in [6.07, 6.45) is 3.59. The number of carbonyl (C=O) groups excluding carboxylic acids is 1. The van der Waals surface area contributed by atoms with Crippen molar-refractivity contribution in [2.24, 2.45) is 11.8 Å². The number of hydrogen-bond donors (Lipinski definition) is 0. The van der Waals surface area contributed by atoms with Gasteiger partial charge in [-0.1, -0.05) is 28.1 Å². The maximum absolute atomic E-state index is 12.0. The van der Waals surface area contributed by atoms with Gasteiger partial charge in [0.15, 0.2) is 0 Å². The van der Waals surface area contributed by atoms with Crippen LogP contribution in [-0.2, 0) is 14.3 Å². The third-order valence-electron chi connectivity index (χ3n) is 4.24. The summed E-state index contributed by atoms with van der Waals surface area (Å²) in [6, 6.07) is 8.23. The molecule has 1 saturated heterocycles. The van der Waals surface area contributed by atoms with Gasteiger partial charge in [-0.05, 0) is 36.1 Å². The first-order valence-corrected chi connectivity index (χ1v) is 7.61. The molecular formula is C16H17BrO3. The van der Waals surface area contributed by atoms with Gasteiger partial charge < -0.3 is 9.47 Å². The molecule has 3 atom stereocenters. The molecule has 0 radical (unpaired) electrons. The quantitative estimate of drug-likeness (QED) is 0.610. The van der Waals surface area contributed by atoms with Gasteiger partial charge in [0.25, 0.3) is 0 Å². The number of ether oxygens (including phenoxy) is 2. The molecule has 3 rings (SSSR count). The van der Waals surface area contributed by atoms with Gasteiger partial charge in [-0.15, -0.1) is 0 Å².